The van der Waals surface area contributed by atoms with Crippen LogP contribution in [0.3, 0.4) is 0 Å². The largest absolute Gasteiger partial charge is 0.412 e. The van der Waals surface area contributed by atoms with Gasteiger partial charge in [0, 0.05) is 43.6 Å². The molecule has 0 amide bonds. The van der Waals surface area contributed by atoms with E-state index in [9.17, 15) is 31.9 Å². The van der Waals surface area contributed by atoms with Gasteiger partial charge in [-0.05, 0) is 66.6 Å². The van der Waals surface area contributed by atoms with Gasteiger partial charge in [0.15, 0.2) is 17.3 Å². The maximum Gasteiger partial charge on any atom is 0.185 e. The first-order chi connectivity index (χ1) is 27.9. The second-order valence-corrected chi connectivity index (χ2v) is 13.6. The van der Waals surface area contributed by atoms with Crippen molar-refractivity contribution in [3.63, 3.8) is 0 Å². The van der Waals surface area contributed by atoms with Gasteiger partial charge in [0.2, 0.25) is 0 Å². The predicted molar refractivity (Wildman–Crippen MR) is 207 cm³/mol. The Bertz CT molecular complexity index is 2610. The summed E-state index contributed by atoms with van der Waals surface area (Å²) in [7, 11) is 3.43. The number of aryl methyl sites for hydroxylation is 2. The number of aliphatic imine (C=N–C) groups is 1. The Morgan fingerprint density at radius 3 is 1.68 bits per heavy atom. The molecule has 304 valence electrons. The third-order valence-corrected chi connectivity index (χ3v) is 10.2. The van der Waals surface area contributed by atoms with Crippen molar-refractivity contribution in [2.45, 2.75) is 30.8 Å². The summed E-state index contributed by atoms with van der Waals surface area (Å²) in [5.74, 6) is -3.05. The standard InChI is InChI=1S/C20H15F2N5O.C20H16F2N4O2.H2N2.H2O.H2/c1-27-20(24-9-25-27)17-18(10-2-4-11(21)5-3-10)26-14-7-12(22)6-13-15(28)8-23-19(17)16(13)14;1-10(27)14-7-13(22)8-15-16(14)19(28)17(20-23-9-24-26(20)2)18(25-15)11-3-5-12(21)6-4-11;1-2;;/h2-7,9,17-18,26H,8H2,1H3;3-9,17-18,25H,1-2H3;1-2H;1H2;1H. The van der Waals surface area contributed by atoms with Gasteiger partial charge in [0.25, 0.3) is 0 Å². The second kappa shape index (κ2) is 16.7. The zero-order valence-corrected chi connectivity index (χ0v) is 31.5. The molecule has 4 atom stereocenters. The Hall–Kier alpha value is -7.28. The first-order valence-electron chi connectivity index (χ1n) is 17.7. The van der Waals surface area contributed by atoms with E-state index in [0.29, 0.717) is 39.7 Å². The highest BCUT2D eigenvalue weighted by Crippen LogP contribution is 2.46. The number of rotatable bonds is 5. The lowest BCUT2D eigenvalue weighted by Gasteiger charge is -2.37. The number of hydrogen-bond donors (Lipinski definition) is 4. The molecule has 0 saturated heterocycles. The van der Waals surface area contributed by atoms with Crippen LogP contribution < -0.4 is 10.6 Å². The molecule has 4 unspecified atom stereocenters. The topological polar surface area (TPSA) is 228 Å². The average Bonchev–Trinajstić information content (AvgIpc) is 3.83. The predicted octanol–water partition coefficient (Wildman–Crippen LogP) is 6.48. The summed E-state index contributed by atoms with van der Waals surface area (Å²) >= 11 is 0. The molecule has 3 aliphatic heterocycles. The monoisotopic (exact) mass is 811 g/mol. The van der Waals surface area contributed by atoms with Crippen molar-refractivity contribution in [3.05, 3.63) is 154 Å². The van der Waals surface area contributed by atoms with Crippen molar-refractivity contribution >= 4 is 34.4 Å². The van der Waals surface area contributed by atoms with Gasteiger partial charge in [-0.25, -0.2) is 38.6 Å². The maximum absolute atomic E-state index is 14.2. The van der Waals surface area contributed by atoms with Crippen molar-refractivity contribution < 1.29 is 38.8 Å². The van der Waals surface area contributed by atoms with E-state index in [1.807, 2.05) is 0 Å². The number of nitrogens with one attached hydrogen (secondary N) is 4. The summed E-state index contributed by atoms with van der Waals surface area (Å²) in [6, 6.07) is 15.6. The summed E-state index contributed by atoms with van der Waals surface area (Å²) in [6.45, 7) is 1.24. The molecule has 6 aromatic rings. The molecule has 0 bridgehead atoms. The van der Waals surface area contributed by atoms with Crippen LogP contribution in [-0.4, -0.2) is 64.6 Å². The molecule has 0 aliphatic carbocycles. The van der Waals surface area contributed by atoms with Crippen LogP contribution in [0.4, 0.5) is 28.9 Å². The van der Waals surface area contributed by atoms with Crippen LogP contribution in [0.25, 0.3) is 0 Å². The summed E-state index contributed by atoms with van der Waals surface area (Å²) in [6.07, 6.45) is 2.78. The molecule has 15 nitrogen and oxygen atoms in total. The molecule has 3 aliphatic rings. The maximum atomic E-state index is 14.2. The fourth-order valence-electron chi connectivity index (χ4n) is 7.62. The van der Waals surface area contributed by atoms with Crippen molar-refractivity contribution in [2.24, 2.45) is 19.1 Å². The number of anilines is 2. The van der Waals surface area contributed by atoms with E-state index in [2.05, 4.69) is 35.8 Å². The SMILES string of the molecule is CC(=O)c1cc(F)cc2c1C(=O)C(c1ncnn1C)C(c1ccc(F)cc1)N2.Cn1ncnc1C1C2=NCC(=O)c3cc(F)cc(c32)NC1c1ccc(F)cc1.N=N.O.[HH]. The van der Waals surface area contributed by atoms with Crippen LogP contribution in [0.15, 0.2) is 90.4 Å². The van der Waals surface area contributed by atoms with Crippen molar-refractivity contribution in [2.75, 3.05) is 17.2 Å². The molecule has 6 N–H and O–H groups in total. The smallest absolute Gasteiger partial charge is 0.185 e. The van der Waals surface area contributed by atoms with E-state index in [0.717, 1.165) is 11.6 Å². The number of carbonyl (C=O) groups excluding carboxylic acids is 3. The highest BCUT2D eigenvalue weighted by molar-refractivity contribution is 6.21. The summed E-state index contributed by atoms with van der Waals surface area (Å²) < 4.78 is 58.2. The first-order valence-corrected chi connectivity index (χ1v) is 17.7. The second-order valence-electron chi connectivity index (χ2n) is 13.6. The van der Waals surface area contributed by atoms with E-state index < -0.39 is 35.2 Å². The Kier molecular flexibility index (Phi) is 11.7. The van der Waals surface area contributed by atoms with E-state index in [1.165, 1.54) is 66.7 Å². The van der Waals surface area contributed by atoms with Crippen molar-refractivity contribution in [3.8, 4) is 0 Å². The Balaban J connectivity index is 0.000000212. The molecule has 19 heteroatoms. The number of carbonyl (C=O) groups is 3. The minimum absolute atomic E-state index is 0. The van der Waals surface area contributed by atoms with Crippen LogP contribution >= 0.6 is 0 Å². The molecule has 9 rings (SSSR count). The van der Waals surface area contributed by atoms with Gasteiger partial charge in [0.1, 0.15) is 60.0 Å². The number of halogens is 4. The third-order valence-electron chi connectivity index (χ3n) is 10.2. The van der Waals surface area contributed by atoms with Crippen molar-refractivity contribution in [1.82, 2.24) is 29.5 Å². The van der Waals surface area contributed by atoms with E-state index in [4.69, 9.17) is 11.1 Å². The number of ketones is 3. The molecule has 2 aromatic heterocycles. The molecule has 59 heavy (non-hydrogen) atoms. The summed E-state index contributed by atoms with van der Waals surface area (Å²) in [5, 5.41) is 14.7. The number of aromatic nitrogens is 6. The zero-order chi connectivity index (χ0) is 41.4. The zero-order valence-electron chi connectivity index (χ0n) is 31.5. The van der Waals surface area contributed by atoms with Gasteiger partial charge in [-0.2, -0.15) is 10.2 Å². The molecular formula is C40H37F4N11O4. The minimum atomic E-state index is -0.825. The first kappa shape index (κ1) is 41.4. The van der Waals surface area contributed by atoms with Crippen LogP contribution in [0.2, 0.25) is 0 Å². The molecule has 0 radical (unpaired) electrons. The normalized spacial score (nSPS) is 18.5. The molecule has 0 spiro atoms. The molecule has 4 aromatic carbocycles. The Labute approximate surface area is 334 Å². The van der Waals surface area contributed by atoms with Gasteiger partial charge in [0.05, 0.1) is 29.3 Å². The van der Waals surface area contributed by atoms with Gasteiger partial charge in [-0.1, -0.05) is 24.3 Å². The van der Waals surface area contributed by atoms with E-state index in [1.54, 1.807) is 43.0 Å². The molecule has 5 heterocycles. The Morgan fingerprint density at radius 2 is 1.19 bits per heavy atom. The van der Waals surface area contributed by atoms with E-state index in [-0.39, 0.29) is 59.6 Å². The number of Topliss-reactive ketones (excluding diaryl/α,β-unsaturated/α-hetero) is 3. The lowest BCUT2D eigenvalue weighted by atomic mass is 9.78. The van der Waals surface area contributed by atoms with Crippen molar-refractivity contribution in [1.29, 1.82) is 11.1 Å². The van der Waals surface area contributed by atoms with Crippen LogP contribution in [-0.2, 0) is 14.1 Å². The minimum Gasteiger partial charge on any atom is -0.412 e. The highest BCUT2D eigenvalue weighted by Gasteiger charge is 2.43. The van der Waals surface area contributed by atoms with Crippen LogP contribution in [0.1, 0.15) is 91.7 Å². The number of fused-ring (bicyclic) bond motifs is 1. The third kappa shape index (κ3) is 7.62. The van der Waals surface area contributed by atoms with Gasteiger partial charge >= 0.3 is 0 Å². The number of hydrogen-bond acceptors (Lipinski definition) is 12. The molecule has 0 saturated carbocycles. The summed E-state index contributed by atoms with van der Waals surface area (Å²) in [4.78, 5) is 51.0. The number of nitrogens with zero attached hydrogens (tertiary/aromatic N) is 7. The number of benzene rings is 4. The highest BCUT2D eigenvalue weighted by atomic mass is 19.1. The van der Waals surface area contributed by atoms with E-state index >= 15 is 0 Å². The van der Waals surface area contributed by atoms with Gasteiger partial charge in [-0.15, -0.1) is 0 Å². The quantitative estimate of drug-likeness (QED) is 0.0848. The summed E-state index contributed by atoms with van der Waals surface area (Å²) in [5.41, 5.74) is 13.9. The molecule has 0 fully saturated rings. The van der Waals surface area contributed by atoms with Gasteiger partial charge < -0.3 is 16.1 Å². The lowest BCUT2D eigenvalue weighted by Crippen LogP contribution is -2.37. The fraction of sp³-hybridized carbons (Fsp3) is 0.200. The fourth-order valence-corrected chi connectivity index (χ4v) is 7.62. The van der Waals surface area contributed by atoms with Crippen LogP contribution in [0, 0.1) is 34.3 Å². The average molecular weight is 812 g/mol. The lowest BCUT2D eigenvalue weighted by molar-refractivity contribution is 0.0925. The van der Waals surface area contributed by atoms with Gasteiger partial charge in [-0.3, -0.25) is 28.7 Å². The van der Waals surface area contributed by atoms with Crippen LogP contribution in [0.5, 0.6) is 0 Å². The Morgan fingerprint density at radius 1 is 0.712 bits per heavy atom. The molecular weight excluding hydrogens is 775 g/mol.